The Kier molecular flexibility index (Phi) is 7.96. The summed E-state index contributed by atoms with van der Waals surface area (Å²) in [5.74, 6) is 0.796. The molecule has 114 valence electrons. The highest BCUT2D eigenvalue weighted by Gasteiger charge is 2.40. The minimum Gasteiger partial charge on any atom is -0.381 e. The van der Waals surface area contributed by atoms with Crippen LogP contribution in [0.2, 0.25) is 0 Å². The zero-order valence-electron chi connectivity index (χ0n) is 13.3. The molecular formula is C16H33NO2. The smallest absolute Gasteiger partial charge is 0.0874 e. The summed E-state index contributed by atoms with van der Waals surface area (Å²) in [4.78, 5) is 0. The van der Waals surface area contributed by atoms with Crippen LogP contribution in [0.3, 0.4) is 0 Å². The van der Waals surface area contributed by atoms with Crippen molar-refractivity contribution in [1.29, 1.82) is 0 Å². The Labute approximate surface area is 119 Å². The average molecular weight is 271 g/mol. The molecule has 0 saturated carbocycles. The number of ether oxygens (including phenoxy) is 2. The van der Waals surface area contributed by atoms with Gasteiger partial charge in [0.25, 0.3) is 0 Å². The minimum absolute atomic E-state index is 0.0178. The first-order valence-corrected chi connectivity index (χ1v) is 8.08. The van der Waals surface area contributed by atoms with E-state index in [4.69, 9.17) is 9.47 Å². The summed E-state index contributed by atoms with van der Waals surface area (Å²) in [6.45, 7) is 9.58. The quantitative estimate of drug-likeness (QED) is 0.697. The van der Waals surface area contributed by atoms with Gasteiger partial charge >= 0.3 is 0 Å². The van der Waals surface area contributed by atoms with Crippen molar-refractivity contribution in [2.75, 3.05) is 26.9 Å². The highest BCUT2D eigenvalue weighted by atomic mass is 16.5. The van der Waals surface area contributed by atoms with E-state index in [0.29, 0.717) is 6.04 Å². The third-order valence-electron chi connectivity index (χ3n) is 4.75. The Morgan fingerprint density at radius 2 is 1.79 bits per heavy atom. The molecule has 1 N–H and O–H groups in total. The van der Waals surface area contributed by atoms with E-state index in [1.165, 1.54) is 25.7 Å². The second-order valence-electron chi connectivity index (χ2n) is 5.81. The molecule has 1 fully saturated rings. The van der Waals surface area contributed by atoms with E-state index in [9.17, 15) is 0 Å². The molecule has 0 aliphatic carbocycles. The van der Waals surface area contributed by atoms with E-state index in [1.54, 1.807) is 0 Å². The molecule has 0 aromatic heterocycles. The molecule has 1 saturated heterocycles. The van der Waals surface area contributed by atoms with Crippen molar-refractivity contribution in [3.63, 3.8) is 0 Å². The fourth-order valence-corrected chi connectivity index (χ4v) is 3.17. The van der Waals surface area contributed by atoms with E-state index in [0.717, 1.165) is 38.5 Å². The molecule has 0 amide bonds. The van der Waals surface area contributed by atoms with Crippen LogP contribution >= 0.6 is 0 Å². The summed E-state index contributed by atoms with van der Waals surface area (Å²) in [6, 6.07) is 0.464. The molecule has 3 heteroatoms. The van der Waals surface area contributed by atoms with Crippen LogP contribution in [0.1, 0.15) is 59.3 Å². The summed E-state index contributed by atoms with van der Waals surface area (Å²) >= 11 is 0. The highest BCUT2D eigenvalue weighted by Crippen LogP contribution is 2.32. The topological polar surface area (TPSA) is 30.5 Å². The molecule has 0 bridgehead atoms. The lowest BCUT2D eigenvalue weighted by Crippen LogP contribution is -2.55. The van der Waals surface area contributed by atoms with Gasteiger partial charge in [0.2, 0.25) is 0 Å². The van der Waals surface area contributed by atoms with Crippen LogP contribution in [0.5, 0.6) is 0 Å². The zero-order valence-corrected chi connectivity index (χ0v) is 13.3. The third-order valence-corrected chi connectivity index (χ3v) is 4.75. The van der Waals surface area contributed by atoms with Crippen molar-refractivity contribution in [2.45, 2.75) is 70.9 Å². The van der Waals surface area contributed by atoms with Crippen molar-refractivity contribution >= 4 is 0 Å². The Hall–Kier alpha value is -0.120. The monoisotopic (exact) mass is 271 g/mol. The van der Waals surface area contributed by atoms with Gasteiger partial charge in [0.15, 0.2) is 0 Å². The van der Waals surface area contributed by atoms with Gasteiger partial charge in [0.1, 0.15) is 0 Å². The molecule has 1 aliphatic heterocycles. The lowest BCUT2D eigenvalue weighted by atomic mass is 9.80. The number of methoxy groups -OCH3 is 1. The van der Waals surface area contributed by atoms with E-state index >= 15 is 0 Å². The molecule has 0 aromatic carbocycles. The van der Waals surface area contributed by atoms with Crippen molar-refractivity contribution in [2.24, 2.45) is 5.92 Å². The lowest BCUT2D eigenvalue weighted by molar-refractivity contribution is -0.114. The molecule has 1 aliphatic rings. The summed E-state index contributed by atoms with van der Waals surface area (Å²) < 4.78 is 11.5. The maximum absolute atomic E-state index is 5.99. The largest absolute Gasteiger partial charge is 0.381 e. The van der Waals surface area contributed by atoms with Crippen molar-refractivity contribution in [1.82, 2.24) is 5.32 Å². The van der Waals surface area contributed by atoms with Gasteiger partial charge in [0.05, 0.1) is 5.60 Å². The van der Waals surface area contributed by atoms with Gasteiger partial charge in [-0.15, -0.1) is 0 Å². The molecule has 1 atom stereocenters. The molecule has 1 heterocycles. The second-order valence-corrected chi connectivity index (χ2v) is 5.81. The van der Waals surface area contributed by atoms with E-state index in [-0.39, 0.29) is 5.60 Å². The first-order valence-electron chi connectivity index (χ1n) is 8.08. The van der Waals surface area contributed by atoms with Crippen LogP contribution in [0.25, 0.3) is 0 Å². The molecule has 19 heavy (non-hydrogen) atoms. The maximum Gasteiger partial charge on any atom is 0.0874 e. The van der Waals surface area contributed by atoms with Crippen LogP contribution in [0.4, 0.5) is 0 Å². The third kappa shape index (κ3) is 4.73. The Morgan fingerprint density at radius 1 is 1.16 bits per heavy atom. The lowest BCUT2D eigenvalue weighted by Gasteiger charge is -2.44. The van der Waals surface area contributed by atoms with Gasteiger partial charge in [-0.25, -0.2) is 0 Å². The van der Waals surface area contributed by atoms with Crippen molar-refractivity contribution in [3.8, 4) is 0 Å². The average Bonchev–Trinajstić information content (AvgIpc) is 2.48. The Balaban J connectivity index is 2.73. The first kappa shape index (κ1) is 16.9. The fraction of sp³-hybridized carbons (Fsp3) is 1.00. The predicted octanol–water partition coefficient (Wildman–Crippen LogP) is 3.38. The van der Waals surface area contributed by atoms with Crippen LogP contribution in [0.15, 0.2) is 0 Å². The van der Waals surface area contributed by atoms with Gasteiger partial charge in [-0.05, 0) is 25.3 Å². The van der Waals surface area contributed by atoms with Crippen LogP contribution in [0, 0.1) is 5.92 Å². The summed E-state index contributed by atoms with van der Waals surface area (Å²) in [5.41, 5.74) is -0.0178. The van der Waals surface area contributed by atoms with Crippen LogP contribution in [-0.4, -0.2) is 38.5 Å². The van der Waals surface area contributed by atoms with E-state index < -0.39 is 0 Å². The van der Waals surface area contributed by atoms with E-state index in [2.05, 4.69) is 26.1 Å². The predicted molar refractivity (Wildman–Crippen MR) is 80.6 cm³/mol. The van der Waals surface area contributed by atoms with Crippen LogP contribution in [-0.2, 0) is 9.47 Å². The summed E-state index contributed by atoms with van der Waals surface area (Å²) in [6.07, 6.45) is 6.96. The Bertz CT molecular complexity index is 223. The number of hydrogen-bond acceptors (Lipinski definition) is 3. The zero-order chi connectivity index (χ0) is 14.1. The van der Waals surface area contributed by atoms with Crippen molar-refractivity contribution in [3.05, 3.63) is 0 Å². The molecule has 0 radical (unpaired) electrons. The second kappa shape index (κ2) is 8.93. The van der Waals surface area contributed by atoms with Gasteiger partial charge in [-0.3, -0.25) is 0 Å². The summed E-state index contributed by atoms with van der Waals surface area (Å²) in [7, 11) is 1.87. The number of hydrogen-bond donors (Lipinski definition) is 1. The first-order chi connectivity index (χ1) is 9.22. The normalized spacial score (nSPS) is 20.7. The number of nitrogens with one attached hydrogen (secondary N) is 1. The molecule has 1 unspecified atom stereocenters. The molecule has 0 aromatic rings. The molecular weight excluding hydrogens is 238 g/mol. The molecule has 1 rings (SSSR count). The van der Waals surface area contributed by atoms with Gasteiger partial charge < -0.3 is 14.8 Å². The van der Waals surface area contributed by atoms with E-state index in [1.807, 2.05) is 7.11 Å². The highest BCUT2D eigenvalue weighted by molar-refractivity contribution is 4.95. The van der Waals surface area contributed by atoms with Gasteiger partial charge in [-0.1, -0.05) is 33.6 Å². The minimum atomic E-state index is -0.0178. The van der Waals surface area contributed by atoms with Gasteiger partial charge in [-0.2, -0.15) is 0 Å². The maximum atomic E-state index is 5.99. The molecule has 3 nitrogen and oxygen atoms in total. The Morgan fingerprint density at radius 3 is 2.26 bits per heavy atom. The fourth-order valence-electron chi connectivity index (χ4n) is 3.17. The van der Waals surface area contributed by atoms with Gasteiger partial charge in [0, 0.05) is 39.2 Å². The molecule has 0 spiro atoms. The van der Waals surface area contributed by atoms with Crippen LogP contribution < -0.4 is 5.32 Å². The van der Waals surface area contributed by atoms with Crippen molar-refractivity contribution < 1.29 is 9.47 Å². The SMILES string of the molecule is CCCNC(CC(CC)CC)C1(OC)CCOCC1. The summed E-state index contributed by atoms with van der Waals surface area (Å²) in [5, 5.41) is 3.75. The number of rotatable bonds is 9. The standard InChI is InChI=1S/C16H33NO2/c1-5-10-17-15(13-14(6-2)7-3)16(18-4)8-11-19-12-9-16/h14-15,17H,5-13H2,1-4H3.